The minimum absolute atomic E-state index is 0.831. The Morgan fingerprint density at radius 3 is 2.95 bits per heavy atom. The number of fused-ring (bicyclic) bond motifs is 1. The SMILES string of the molecule is CCSCCn1cc(CCCNC2CC2)c2ccccc21. The summed E-state index contributed by atoms with van der Waals surface area (Å²) in [6.45, 7) is 4.52. The van der Waals surface area contributed by atoms with E-state index in [0.29, 0.717) is 0 Å². The Morgan fingerprint density at radius 1 is 1.29 bits per heavy atom. The summed E-state index contributed by atoms with van der Waals surface area (Å²) in [6.07, 6.45) is 7.59. The van der Waals surface area contributed by atoms with E-state index in [1.54, 1.807) is 0 Å². The van der Waals surface area contributed by atoms with Crippen molar-refractivity contribution in [3.63, 3.8) is 0 Å². The van der Waals surface area contributed by atoms with Gasteiger partial charge in [0.05, 0.1) is 0 Å². The third-order valence-corrected chi connectivity index (χ3v) is 5.06. The zero-order valence-corrected chi connectivity index (χ0v) is 13.8. The molecule has 1 saturated carbocycles. The van der Waals surface area contributed by atoms with E-state index in [9.17, 15) is 0 Å². The van der Waals surface area contributed by atoms with Gasteiger partial charge in [-0.15, -0.1) is 0 Å². The molecule has 0 amide bonds. The van der Waals surface area contributed by atoms with Crippen LogP contribution in [0.5, 0.6) is 0 Å². The number of benzene rings is 1. The first kappa shape index (κ1) is 15.0. The lowest BCUT2D eigenvalue weighted by Crippen LogP contribution is -2.17. The number of aromatic nitrogens is 1. The van der Waals surface area contributed by atoms with Crippen LogP contribution in [-0.2, 0) is 13.0 Å². The van der Waals surface area contributed by atoms with Gasteiger partial charge in [0.25, 0.3) is 0 Å². The first-order chi connectivity index (χ1) is 10.4. The molecule has 21 heavy (non-hydrogen) atoms. The van der Waals surface area contributed by atoms with Crippen molar-refractivity contribution in [2.45, 2.75) is 45.2 Å². The Hall–Kier alpha value is -0.930. The molecule has 1 N–H and O–H groups in total. The van der Waals surface area contributed by atoms with Crippen molar-refractivity contribution < 1.29 is 0 Å². The highest BCUT2D eigenvalue weighted by molar-refractivity contribution is 7.99. The highest BCUT2D eigenvalue weighted by Gasteiger charge is 2.19. The molecule has 3 rings (SSSR count). The molecule has 114 valence electrons. The topological polar surface area (TPSA) is 17.0 Å². The molecular formula is C18H26N2S. The number of aryl methyl sites for hydroxylation is 2. The van der Waals surface area contributed by atoms with Crippen LogP contribution in [-0.4, -0.2) is 28.7 Å². The molecule has 0 bridgehead atoms. The Bertz CT molecular complexity index is 572. The lowest BCUT2D eigenvalue weighted by Gasteiger charge is -2.03. The van der Waals surface area contributed by atoms with Gasteiger partial charge < -0.3 is 9.88 Å². The van der Waals surface area contributed by atoms with Gasteiger partial charge in [-0.2, -0.15) is 11.8 Å². The summed E-state index contributed by atoms with van der Waals surface area (Å²) in [7, 11) is 0. The van der Waals surface area contributed by atoms with Crippen LogP contribution in [0.25, 0.3) is 10.9 Å². The Labute approximate surface area is 132 Å². The molecule has 0 spiro atoms. The van der Waals surface area contributed by atoms with E-state index in [2.05, 4.69) is 47.3 Å². The average molecular weight is 302 g/mol. The van der Waals surface area contributed by atoms with Crippen LogP contribution in [0.2, 0.25) is 0 Å². The molecule has 1 aliphatic carbocycles. The average Bonchev–Trinajstić information content (AvgIpc) is 3.27. The van der Waals surface area contributed by atoms with Crippen molar-refractivity contribution in [1.29, 1.82) is 0 Å². The van der Waals surface area contributed by atoms with Crippen LogP contribution in [0, 0.1) is 0 Å². The smallest absolute Gasteiger partial charge is 0.0483 e. The maximum Gasteiger partial charge on any atom is 0.0483 e. The fourth-order valence-electron chi connectivity index (χ4n) is 2.89. The molecule has 2 aromatic rings. The number of nitrogens with zero attached hydrogens (tertiary/aromatic N) is 1. The summed E-state index contributed by atoms with van der Waals surface area (Å²) in [6, 6.07) is 9.70. The Kier molecular flexibility index (Phi) is 5.26. The zero-order chi connectivity index (χ0) is 14.5. The summed E-state index contributed by atoms with van der Waals surface area (Å²) in [5.74, 6) is 2.41. The number of thioether (sulfide) groups is 1. The molecule has 1 heterocycles. The highest BCUT2D eigenvalue weighted by Crippen LogP contribution is 2.23. The molecular weight excluding hydrogens is 276 g/mol. The van der Waals surface area contributed by atoms with Gasteiger partial charge in [0.1, 0.15) is 0 Å². The highest BCUT2D eigenvalue weighted by atomic mass is 32.2. The second-order valence-corrected chi connectivity index (χ2v) is 7.29. The summed E-state index contributed by atoms with van der Waals surface area (Å²) in [4.78, 5) is 0. The second-order valence-electron chi connectivity index (χ2n) is 5.89. The molecule has 0 atom stereocenters. The number of hydrogen-bond donors (Lipinski definition) is 1. The zero-order valence-electron chi connectivity index (χ0n) is 13.0. The van der Waals surface area contributed by atoms with E-state index in [4.69, 9.17) is 0 Å². The largest absolute Gasteiger partial charge is 0.346 e. The van der Waals surface area contributed by atoms with E-state index >= 15 is 0 Å². The van der Waals surface area contributed by atoms with Gasteiger partial charge in [0, 0.05) is 35.4 Å². The maximum atomic E-state index is 3.61. The number of rotatable bonds is 9. The fourth-order valence-corrected chi connectivity index (χ4v) is 3.50. The molecule has 0 saturated heterocycles. The van der Waals surface area contributed by atoms with Gasteiger partial charge in [-0.1, -0.05) is 25.1 Å². The monoisotopic (exact) mass is 302 g/mol. The third kappa shape index (κ3) is 4.04. The summed E-state index contributed by atoms with van der Waals surface area (Å²) in [5, 5.41) is 5.06. The van der Waals surface area contributed by atoms with Gasteiger partial charge in [-0.3, -0.25) is 0 Å². The predicted octanol–water partition coefficient (Wildman–Crippen LogP) is 4.08. The number of hydrogen-bond acceptors (Lipinski definition) is 2. The van der Waals surface area contributed by atoms with Gasteiger partial charge in [-0.05, 0) is 49.6 Å². The lowest BCUT2D eigenvalue weighted by molar-refractivity contribution is 0.645. The van der Waals surface area contributed by atoms with Crippen LogP contribution in [0.15, 0.2) is 30.5 Å². The molecule has 0 aliphatic heterocycles. The molecule has 1 aromatic heterocycles. The summed E-state index contributed by atoms with van der Waals surface area (Å²) < 4.78 is 2.45. The maximum absolute atomic E-state index is 3.61. The second kappa shape index (κ2) is 7.37. The van der Waals surface area contributed by atoms with Crippen molar-refractivity contribution >= 4 is 22.7 Å². The Morgan fingerprint density at radius 2 is 2.14 bits per heavy atom. The van der Waals surface area contributed by atoms with Crippen LogP contribution < -0.4 is 5.32 Å². The Balaban J connectivity index is 1.65. The molecule has 0 radical (unpaired) electrons. The van der Waals surface area contributed by atoms with Gasteiger partial charge in [0.2, 0.25) is 0 Å². The molecule has 1 fully saturated rings. The van der Waals surface area contributed by atoms with E-state index in [-0.39, 0.29) is 0 Å². The third-order valence-electron chi connectivity index (χ3n) is 4.19. The van der Waals surface area contributed by atoms with E-state index < -0.39 is 0 Å². The molecule has 1 aliphatic rings. The first-order valence-electron chi connectivity index (χ1n) is 8.26. The van der Waals surface area contributed by atoms with E-state index in [1.165, 1.54) is 53.7 Å². The van der Waals surface area contributed by atoms with Crippen molar-refractivity contribution in [1.82, 2.24) is 9.88 Å². The fraction of sp³-hybridized carbons (Fsp3) is 0.556. The summed E-state index contributed by atoms with van der Waals surface area (Å²) >= 11 is 2.02. The minimum atomic E-state index is 0.831. The lowest BCUT2D eigenvalue weighted by atomic mass is 10.1. The van der Waals surface area contributed by atoms with Crippen LogP contribution in [0.4, 0.5) is 0 Å². The summed E-state index contributed by atoms with van der Waals surface area (Å²) in [5.41, 5.74) is 2.92. The number of nitrogens with one attached hydrogen (secondary N) is 1. The molecule has 3 heteroatoms. The standard InChI is InChI=1S/C18H26N2S/c1-2-21-13-12-20-14-15(6-5-11-19-16-9-10-16)17-7-3-4-8-18(17)20/h3-4,7-8,14,16,19H,2,5-6,9-13H2,1H3. The van der Waals surface area contributed by atoms with E-state index in [0.717, 1.165) is 19.1 Å². The normalized spacial score (nSPS) is 14.9. The van der Waals surface area contributed by atoms with Gasteiger partial charge in [-0.25, -0.2) is 0 Å². The number of para-hydroxylation sites is 1. The van der Waals surface area contributed by atoms with E-state index in [1.807, 2.05) is 11.8 Å². The van der Waals surface area contributed by atoms with Gasteiger partial charge >= 0.3 is 0 Å². The van der Waals surface area contributed by atoms with Crippen molar-refractivity contribution in [2.75, 3.05) is 18.1 Å². The van der Waals surface area contributed by atoms with Crippen molar-refractivity contribution in [3.05, 3.63) is 36.0 Å². The quantitative estimate of drug-likeness (QED) is 0.703. The molecule has 2 nitrogen and oxygen atoms in total. The van der Waals surface area contributed by atoms with Crippen LogP contribution in [0.3, 0.4) is 0 Å². The predicted molar refractivity (Wildman–Crippen MR) is 94.3 cm³/mol. The van der Waals surface area contributed by atoms with Crippen LogP contribution >= 0.6 is 11.8 Å². The van der Waals surface area contributed by atoms with Crippen molar-refractivity contribution in [3.8, 4) is 0 Å². The minimum Gasteiger partial charge on any atom is -0.346 e. The first-order valence-corrected chi connectivity index (χ1v) is 9.42. The molecule has 0 unspecified atom stereocenters. The van der Waals surface area contributed by atoms with Crippen LogP contribution in [0.1, 0.15) is 31.7 Å². The van der Waals surface area contributed by atoms with Crippen molar-refractivity contribution in [2.24, 2.45) is 0 Å². The van der Waals surface area contributed by atoms with Gasteiger partial charge in [0.15, 0.2) is 0 Å². The molecule has 1 aromatic carbocycles.